The molecule has 0 radical (unpaired) electrons. The molecule has 0 saturated carbocycles. The Morgan fingerprint density at radius 3 is 2.93 bits per heavy atom. The van der Waals surface area contributed by atoms with Crippen molar-refractivity contribution in [3.63, 3.8) is 0 Å². The van der Waals surface area contributed by atoms with Crippen LogP contribution >= 0.6 is 38.6 Å². The number of rotatable bonds is 2. The lowest BCUT2D eigenvalue weighted by atomic mass is 10.4. The largest absolute Gasteiger partial charge is 0.302 e. The van der Waals surface area contributed by atoms with Crippen molar-refractivity contribution >= 4 is 49.6 Å². The number of thiophene rings is 1. The van der Waals surface area contributed by atoms with Crippen LogP contribution in [-0.2, 0) is 4.79 Å². The van der Waals surface area contributed by atoms with Crippen molar-refractivity contribution in [3.05, 3.63) is 21.3 Å². The molecule has 1 amide bonds. The van der Waals surface area contributed by atoms with E-state index in [2.05, 4.69) is 26.2 Å². The lowest BCUT2D eigenvalue weighted by Gasteiger charge is -1.94. The molecule has 0 atom stereocenters. The number of nitrogens with zero attached hydrogens (tertiary/aromatic N) is 1. The van der Waals surface area contributed by atoms with E-state index in [1.54, 1.807) is 11.3 Å². The maximum atomic E-state index is 10.8. The molecule has 1 N–H and O–H groups in total. The number of nitrogens with one attached hydrogen (secondary N) is 1. The highest BCUT2D eigenvalue weighted by atomic mass is 79.9. The quantitative estimate of drug-likeness (QED) is 0.921. The normalized spacial score (nSPS) is 10.3. The molecule has 0 unspecified atom stereocenters. The van der Waals surface area contributed by atoms with Gasteiger partial charge in [0.25, 0.3) is 0 Å². The van der Waals surface area contributed by atoms with Crippen LogP contribution in [0.4, 0.5) is 5.13 Å². The molecular formula is C9H7BrN2OS2. The van der Waals surface area contributed by atoms with Crippen LogP contribution in [0.5, 0.6) is 0 Å². The van der Waals surface area contributed by atoms with Crippen molar-refractivity contribution in [1.82, 2.24) is 4.98 Å². The van der Waals surface area contributed by atoms with Crippen LogP contribution in [0, 0.1) is 0 Å². The molecule has 0 aliphatic heterocycles. The predicted molar refractivity (Wildman–Crippen MR) is 67.4 cm³/mol. The summed E-state index contributed by atoms with van der Waals surface area (Å²) < 4.78 is 1.03. The molecule has 15 heavy (non-hydrogen) atoms. The van der Waals surface area contributed by atoms with Gasteiger partial charge < -0.3 is 5.32 Å². The maximum absolute atomic E-state index is 10.8. The average Bonchev–Trinajstić information content (AvgIpc) is 2.72. The Morgan fingerprint density at radius 1 is 1.53 bits per heavy atom. The van der Waals surface area contributed by atoms with E-state index in [-0.39, 0.29) is 5.91 Å². The molecule has 2 rings (SSSR count). The number of carbonyl (C=O) groups excluding carboxylic acids is 1. The van der Waals surface area contributed by atoms with Crippen LogP contribution in [0.3, 0.4) is 0 Å². The molecule has 0 spiro atoms. The number of carbonyl (C=O) groups is 1. The second kappa shape index (κ2) is 4.42. The highest BCUT2D eigenvalue weighted by Crippen LogP contribution is 2.34. The van der Waals surface area contributed by atoms with Crippen molar-refractivity contribution in [2.45, 2.75) is 6.92 Å². The Hall–Kier alpha value is -0.720. The van der Waals surface area contributed by atoms with Crippen LogP contribution in [0.25, 0.3) is 10.6 Å². The summed E-state index contributed by atoms with van der Waals surface area (Å²) >= 11 is 6.50. The van der Waals surface area contributed by atoms with Crippen LogP contribution in [-0.4, -0.2) is 10.9 Å². The number of anilines is 1. The third kappa shape index (κ3) is 2.45. The molecular weight excluding hydrogens is 296 g/mol. The Labute approximate surface area is 103 Å². The van der Waals surface area contributed by atoms with E-state index in [1.807, 2.05) is 16.8 Å². The first-order valence-electron chi connectivity index (χ1n) is 4.13. The number of hydrogen-bond donors (Lipinski definition) is 1. The van der Waals surface area contributed by atoms with Gasteiger partial charge in [0.2, 0.25) is 5.91 Å². The first-order valence-corrected chi connectivity index (χ1v) is 6.68. The van der Waals surface area contributed by atoms with Crippen LogP contribution in [0.2, 0.25) is 0 Å². The summed E-state index contributed by atoms with van der Waals surface area (Å²) in [7, 11) is 0. The average molecular weight is 303 g/mol. The molecule has 0 aliphatic rings. The summed E-state index contributed by atoms with van der Waals surface area (Å²) in [6, 6.07) is 1.98. The molecule has 0 fully saturated rings. The van der Waals surface area contributed by atoms with E-state index in [0.717, 1.165) is 15.0 Å². The molecule has 0 saturated heterocycles. The molecule has 0 aliphatic carbocycles. The summed E-state index contributed by atoms with van der Waals surface area (Å²) in [5, 5.41) is 7.23. The molecule has 0 bridgehead atoms. The third-order valence-corrected chi connectivity index (χ3v) is 4.25. The van der Waals surface area contributed by atoms with Gasteiger partial charge in [-0.1, -0.05) is 0 Å². The predicted octanol–water partition coefficient (Wildman–Crippen LogP) is 3.59. The summed E-state index contributed by atoms with van der Waals surface area (Å²) in [6.07, 6.45) is 0. The Bertz CT molecular complexity index is 492. The molecule has 6 heteroatoms. The van der Waals surface area contributed by atoms with Gasteiger partial charge in [-0.05, 0) is 27.4 Å². The highest BCUT2D eigenvalue weighted by Gasteiger charge is 2.09. The Kier molecular flexibility index (Phi) is 3.18. The second-order valence-electron chi connectivity index (χ2n) is 2.82. The van der Waals surface area contributed by atoms with Crippen LogP contribution in [0.15, 0.2) is 21.3 Å². The number of hydrogen-bond acceptors (Lipinski definition) is 4. The van der Waals surface area contributed by atoms with Gasteiger partial charge in [-0.25, -0.2) is 4.98 Å². The van der Waals surface area contributed by atoms with Crippen LogP contribution in [0.1, 0.15) is 6.92 Å². The number of aromatic nitrogens is 1. The zero-order chi connectivity index (χ0) is 10.8. The van der Waals surface area contributed by atoms with E-state index < -0.39 is 0 Å². The SMILES string of the molecule is CC(=O)Nc1nc(-c2sccc2Br)cs1. The number of halogens is 1. The zero-order valence-electron chi connectivity index (χ0n) is 7.78. The van der Waals surface area contributed by atoms with Gasteiger partial charge >= 0.3 is 0 Å². The van der Waals surface area contributed by atoms with Gasteiger partial charge in [0.05, 0.1) is 10.6 Å². The number of thiazole rings is 1. The lowest BCUT2D eigenvalue weighted by Crippen LogP contribution is -2.04. The minimum atomic E-state index is -0.0962. The van der Waals surface area contributed by atoms with Crippen molar-refractivity contribution in [2.24, 2.45) is 0 Å². The first-order chi connectivity index (χ1) is 7.16. The van der Waals surface area contributed by atoms with Crippen molar-refractivity contribution in [3.8, 4) is 10.6 Å². The molecule has 2 aromatic rings. The smallest absolute Gasteiger partial charge is 0.223 e. The maximum Gasteiger partial charge on any atom is 0.223 e. The van der Waals surface area contributed by atoms with Crippen molar-refractivity contribution < 1.29 is 4.79 Å². The van der Waals surface area contributed by atoms with Gasteiger partial charge in [0.1, 0.15) is 0 Å². The fourth-order valence-electron chi connectivity index (χ4n) is 1.06. The fraction of sp³-hybridized carbons (Fsp3) is 0.111. The minimum absolute atomic E-state index is 0.0962. The first kappa shape index (κ1) is 10.8. The summed E-state index contributed by atoms with van der Waals surface area (Å²) in [5.41, 5.74) is 0.894. The minimum Gasteiger partial charge on any atom is -0.302 e. The van der Waals surface area contributed by atoms with E-state index in [4.69, 9.17) is 0 Å². The van der Waals surface area contributed by atoms with Crippen molar-refractivity contribution in [1.29, 1.82) is 0 Å². The molecule has 78 valence electrons. The van der Waals surface area contributed by atoms with Gasteiger partial charge in [-0.2, -0.15) is 0 Å². The van der Waals surface area contributed by atoms with Crippen LogP contribution < -0.4 is 5.32 Å². The Balaban J connectivity index is 2.28. The van der Waals surface area contributed by atoms with E-state index in [0.29, 0.717) is 5.13 Å². The fourth-order valence-corrected chi connectivity index (χ4v) is 3.42. The highest BCUT2D eigenvalue weighted by molar-refractivity contribution is 9.10. The van der Waals surface area contributed by atoms with Gasteiger partial charge in [-0.3, -0.25) is 4.79 Å². The lowest BCUT2D eigenvalue weighted by molar-refractivity contribution is -0.114. The van der Waals surface area contributed by atoms with Crippen molar-refractivity contribution in [2.75, 3.05) is 5.32 Å². The molecule has 0 aromatic carbocycles. The van der Waals surface area contributed by atoms with Gasteiger partial charge in [0, 0.05) is 16.8 Å². The second-order valence-corrected chi connectivity index (χ2v) is 5.45. The zero-order valence-corrected chi connectivity index (χ0v) is 11.0. The monoisotopic (exact) mass is 302 g/mol. The van der Waals surface area contributed by atoms with E-state index in [9.17, 15) is 4.79 Å². The van der Waals surface area contributed by atoms with Gasteiger partial charge in [0.15, 0.2) is 5.13 Å². The number of amides is 1. The topological polar surface area (TPSA) is 42.0 Å². The Morgan fingerprint density at radius 2 is 2.33 bits per heavy atom. The standard InChI is InChI=1S/C9H7BrN2OS2/c1-5(13)11-9-12-7(4-15-9)8-6(10)2-3-14-8/h2-4H,1H3,(H,11,12,13). The van der Waals surface area contributed by atoms with E-state index >= 15 is 0 Å². The van der Waals surface area contributed by atoms with Gasteiger partial charge in [-0.15, -0.1) is 22.7 Å². The third-order valence-electron chi connectivity index (χ3n) is 1.64. The summed E-state index contributed by atoms with van der Waals surface area (Å²) in [4.78, 5) is 16.2. The molecule has 3 nitrogen and oxygen atoms in total. The summed E-state index contributed by atoms with van der Waals surface area (Å²) in [5.74, 6) is -0.0962. The molecule has 2 aromatic heterocycles. The van der Waals surface area contributed by atoms with E-state index in [1.165, 1.54) is 18.3 Å². The molecule has 2 heterocycles. The summed E-state index contributed by atoms with van der Waals surface area (Å²) in [6.45, 7) is 1.47.